The molecule has 1 aliphatic rings. The summed E-state index contributed by atoms with van der Waals surface area (Å²) in [4.78, 5) is 24.0. The van der Waals surface area contributed by atoms with Gasteiger partial charge >= 0.3 is 0 Å². The fourth-order valence-electron chi connectivity index (χ4n) is 1.78. The fourth-order valence-corrected chi connectivity index (χ4v) is 1.95. The zero-order valence-corrected chi connectivity index (χ0v) is 10.2. The Balaban J connectivity index is 2.33. The van der Waals surface area contributed by atoms with E-state index in [9.17, 15) is 14.9 Å². The molecule has 0 spiro atoms. The van der Waals surface area contributed by atoms with Crippen molar-refractivity contribution in [1.82, 2.24) is 4.90 Å². The molecule has 96 valence electrons. The van der Waals surface area contributed by atoms with E-state index < -0.39 is 4.92 Å². The van der Waals surface area contributed by atoms with E-state index in [1.54, 1.807) is 0 Å². The van der Waals surface area contributed by atoms with Crippen LogP contribution in [0.15, 0.2) is 18.2 Å². The van der Waals surface area contributed by atoms with Crippen LogP contribution in [0.4, 0.5) is 5.69 Å². The largest absolute Gasteiger partial charge is 0.378 e. The first-order chi connectivity index (χ1) is 8.59. The highest BCUT2D eigenvalue weighted by molar-refractivity contribution is 6.31. The molecule has 2 rings (SSSR count). The second-order valence-electron chi connectivity index (χ2n) is 3.82. The highest BCUT2D eigenvalue weighted by Crippen LogP contribution is 2.24. The van der Waals surface area contributed by atoms with Crippen LogP contribution in [-0.2, 0) is 4.74 Å². The Morgan fingerprint density at radius 3 is 2.67 bits per heavy atom. The number of amides is 1. The monoisotopic (exact) mass is 270 g/mol. The van der Waals surface area contributed by atoms with Crippen molar-refractivity contribution >= 4 is 23.2 Å². The van der Waals surface area contributed by atoms with Crippen LogP contribution < -0.4 is 0 Å². The van der Waals surface area contributed by atoms with E-state index in [-0.39, 0.29) is 17.2 Å². The minimum Gasteiger partial charge on any atom is -0.378 e. The molecule has 0 radical (unpaired) electrons. The van der Waals surface area contributed by atoms with Crippen molar-refractivity contribution in [3.8, 4) is 0 Å². The van der Waals surface area contributed by atoms with E-state index in [1.807, 2.05) is 0 Å². The van der Waals surface area contributed by atoms with E-state index in [0.717, 1.165) is 0 Å². The maximum absolute atomic E-state index is 12.2. The van der Waals surface area contributed by atoms with Gasteiger partial charge in [0.1, 0.15) is 5.56 Å². The molecule has 7 heteroatoms. The molecule has 1 fully saturated rings. The number of morpholine rings is 1. The highest BCUT2D eigenvalue weighted by atomic mass is 35.5. The Morgan fingerprint density at radius 2 is 2.06 bits per heavy atom. The van der Waals surface area contributed by atoms with Gasteiger partial charge in [0.05, 0.1) is 18.1 Å². The first kappa shape index (κ1) is 12.8. The summed E-state index contributed by atoms with van der Waals surface area (Å²) in [5.74, 6) is -0.382. The first-order valence-electron chi connectivity index (χ1n) is 5.40. The fraction of sp³-hybridized carbons (Fsp3) is 0.364. The molecule has 0 N–H and O–H groups in total. The third-order valence-corrected chi connectivity index (χ3v) is 2.92. The number of halogens is 1. The number of carbonyl (C=O) groups is 1. The normalized spacial score (nSPS) is 15.5. The van der Waals surface area contributed by atoms with Crippen molar-refractivity contribution in [2.75, 3.05) is 26.3 Å². The van der Waals surface area contributed by atoms with Crippen LogP contribution in [0.25, 0.3) is 0 Å². The van der Waals surface area contributed by atoms with Crippen LogP contribution in [-0.4, -0.2) is 42.0 Å². The summed E-state index contributed by atoms with van der Waals surface area (Å²) in [6, 6.07) is 3.98. The molecule has 6 nitrogen and oxygen atoms in total. The van der Waals surface area contributed by atoms with E-state index in [4.69, 9.17) is 16.3 Å². The van der Waals surface area contributed by atoms with Gasteiger partial charge in [0, 0.05) is 24.2 Å². The Kier molecular flexibility index (Phi) is 3.78. The lowest BCUT2D eigenvalue weighted by Crippen LogP contribution is -2.40. The molecule has 0 unspecified atom stereocenters. The van der Waals surface area contributed by atoms with Crippen molar-refractivity contribution in [2.45, 2.75) is 0 Å². The molecule has 1 heterocycles. The maximum Gasteiger partial charge on any atom is 0.282 e. The van der Waals surface area contributed by atoms with Gasteiger partial charge in [0.15, 0.2) is 0 Å². The summed E-state index contributed by atoms with van der Waals surface area (Å²) in [6.07, 6.45) is 0. The standard InChI is InChI=1S/C11H11ClN2O4/c12-8-1-2-10(14(16)17)9(7-8)11(15)13-3-5-18-6-4-13/h1-2,7H,3-6H2. The van der Waals surface area contributed by atoms with Crippen LogP contribution in [0.5, 0.6) is 0 Å². The molecule has 0 aromatic heterocycles. The first-order valence-corrected chi connectivity index (χ1v) is 5.78. The third kappa shape index (κ3) is 2.60. The predicted molar refractivity (Wildman–Crippen MR) is 64.8 cm³/mol. The Hall–Kier alpha value is -1.66. The van der Waals surface area contributed by atoms with Gasteiger partial charge in [-0.05, 0) is 12.1 Å². The topological polar surface area (TPSA) is 72.7 Å². The van der Waals surface area contributed by atoms with Gasteiger partial charge in [-0.25, -0.2) is 0 Å². The highest BCUT2D eigenvalue weighted by Gasteiger charge is 2.26. The second kappa shape index (κ2) is 5.32. The van der Waals surface area contributed by atoms with E-state index in [2.05, 4.69) is 0 Å². The third-order valence-electron chi connectivity index (χ3n) is 2.68. The summed E-state index contributed by atoms with van der Waals surface area (Å²) < 4.78 is 5.13. The summed E-state index contributed by atoms with van der Waals surface area (Å²) in [7, 11) is 0. The molecule has 1 aliphatic heterocycles. The second-order valence-corrected chi connectivity index (χ2v) is 4.26. The number of nitrogens with zero attached hydrogens (tertiary/aromatic N) is 2. The Morgan fingerprint density at radius 1 is 1.39 bits per heavy atom. The molecule has 0 saturated carbocycles. The van der Waals surface area contributed by atoms with Crippen molar-refractivity contribution in [3.05, 3.63) is 38.9 Å². The van der Waals surface area contributed by atoms with Crippen molar-refractivity contribution in [2.24, 2.45) is 0 Å². The summed E-state index contributed by atoms with van der Waals surface area (Å²) >= 11 is 5.79. The van der Waals surface area contributed by atoms with Gasteiger partial charge in [-0.3, -0.25) is 14.9 Å². The zero-order chi connectivity index (χ0) is 13.1. The lowest BCUT2D eigenvalue weighted by Gasteiger charge is -2.26. The molecule has 0 aliphatic carbocycles. The average Bonchev–Trinajstić information content (AvgIpc) is 2.38. The summed E-state index contributed by atoms with van der Waals surface area (Å²) in [5, 5.41) is 11.2. The number of nitro benzene ring substituents is 1. The van der Waals surface area contributed by atoms with Crippen LogP contribution in [0.1, 0.15) is 10.4 Å². The molecular formula is C11H11ClN2O4. The minimum atomic E-state index is -0.579. The lowest BCUT2D eigenvalue weighted by atomic mass is 10.1. The van der Waals surface area contributed by atoms with Gasteiger partial charge in [-0.2, -0.15) is 0 Å². The van der Waals surface area contributed by atoms with E-state index >= 15 is 0 Å². The number of carbonyl (C=O) groups excluding carboxylic acids is 1. The van der Waals surface area contributed by atoms with Crippen LogP contribution in [0, 0.1) is 10.1 Å². The molecule has 1 amide bonds. The quantitative estimate of drug-likeness (QED) is 0.606. The Labute approximate surface area is 108 Å². The number of hydrogen-bond acceptors (Lipinski definition) is 4. The minimum absolute atomic E-state index is 0.0226. The molecule has 0 atom stereocenters. The van der Waals surface area contributed by atoms with Crippen molar-refractivity contribution in [1.29, 1.82) is 0 Å². The molecular weight excluding hydrogens is 260 g/mol. The number of hydrogen-bond donors (Lipinski definition) is 0. The van der Waals surface area contributed by atoms with Gasteiger partial charge in [0.2, 0.25) is 0 Å². The summed E-state index contributed by atoms with van der Waals surface area (Å²) in [6.45, 7) is 1.76. The van der Waals surface area contributed by atoms with Crippen LogP contribution in [0.2, 0.25) is 5.02 Å². The summed E-state index contributed by atoms with van der Waals surface area (Å²) in [5.41, 5.74) is -0.203. The van der Waals surface area contributed by atoms with Crippen molar-refractivity contribution in [3.63, 3.8) is 0 Å². The number of rotatable bonds is 2. The maximum atomic E-state index is 12.2. The van der Waals surface area contributed by atoms with Crippen LogP contribution in [0.3, 0.4) is 0 Å². The Bertz CT molecular complexity index is 486. The smallest absolute Gasteiger partial charge is 0.282 e. The average molecular weight is 271 g/mol. The predicted octanol–water partition coefficient (Wildman–Crippen LogP) is 1.72. The molecule has 18 heavy (non-hydrogen) atoms. The number of ether oxygens (including phenoxy) is 1. The zero-order valence-electron chi connectivity index (χ0n) is 9.47. The molecule has 1 saturated heterocycles. The van der Waals surface area contributed by atoms with Gasteiger partial charge < -0.3 is 9.64 Å². The van der Waals surface area contributed by atoms with Gasteiger partial charge in [-0.15, -0.1) is 0 Å². The molecule has 1 aromatic rings. The van der Waals surface area contributed by atoms with Crippen LogP contribution >= 0.6 is 11.6 Å². The van der Waals surface area contributed by atoms with E-state index in [0.29, 0.717) is 31.3 Å². The number of benzene rings is 1. The van der Waals surface area contributed by atoms with E-state index in [1.165, 1.54) is 23.1 Å². The van der Waals surface area contributed by atoms with Crippen molar-refractivity contribution < 1.29 is 14.5 Å². The lowest BCUT2D eigenvalue weighted by molar-refractivity contribution is -0.385. The molecule has 1 aromatic carbocycles. The SMILES string of the molecule is O=C(c1cc(Cl)ccc1[N+](=O)[O-])N1CCOCC1. The number of nitro groups is 1. The van der Waals surface area contributed by atoms with Gasteiger partial charge in [0.25, 0.3) is 11.6 Å². The van der Waals surface area contributed by atoms with Gasteiger partial charge in [-0.1, -0.05) is 11.6 Å². The molecule has 0 bridgehead atoms.